The summed E-state index contributed by atoms with van der Waals surface area (Å²) in [5.41, 5.74) is 4.79. The molecule has 1 amide bonds. The molecular formula is C34H28FN7O2. The van der Waals surface area contributed by atoms with Crippen LogP contribution in [0.1, 0.15) is 39.2 Å². The second-order valence-electron chi connectivity index (χ2n) is 9.86. The Kier molecular flexibility index (Phi) is 8.76. The molecule has 2 aromatic carbocycles. The number of benzene rings is 2. The maximum atomic E-state index is 13.8. The molecule has 10 heteroatoms. The number of carbonyl (C=O) groups is 1. The minimum absolute atomic E-state index is 0.0388. The van der Waals surface area contributed by atoms with Crippen molar-refractivity contribution in [1.82, 2.24) is 35.1 Å². The summed E-state index contributed by atoms with van der Waals surface area (Å²) in [7, 11) is 0. The number of rotatable bonds is 10. The number of aromatic nitrogens is 5. The summed E-state index contributed by atoms with van der Waals surface area (Å²) in [6, 6.07) is 24.7. The molecule has 0 unspecified atom stereocenters. The van der Waals surface area contributed by atoms with Crippen molar-refractivity contribution < 1.29 is 13.6 Å². The first-order valence-electron chi connectivity index (χ1n) is 14.2. The van der Waals surface area contributed by atoms with Gasteiger partial charge >= 0.3 is 0 Å². The molecule has 0 aliphatic heterocycles. The molecular weight excluding hydrogens is 557 g/mol. The van der Waals surface area contributed by atoms with E-state index >= 15 is 0 Å². The van der Waals surface area contributed by atoms with Gasteiger partial charge in [0.05, 0.1) is 23.3 Å². The highest BCUT2D eigenvalue weighted by molar-refractivity contribution is 5.91. The zero-order chi connectivity index (χ0) is 30.1. The van der Waals surface area contributed by atoms with E-state index < -0.39 is 11.7 Å². The van der Waals surface area contributed by atoms with E-state index in [0.29, 0.717) is 31.8 Å². The van der Waals surface area contributed by atoms with Crippen molar-refractivity contribution in [2.75, 3.05) is 13.1 Å². The van der Waals surface area contributed by atoms with Gasteiger partial charge in [-0.05, 0) is 60.5 Å². The first kappa shape index (κ1) is 28.5. The van der Waals surface area contributed by atoms with Crippen LogP contribution in [0.15, 0.2) is 102 Å². The molecule has 0 atom stereocenters. The SMILES string of the molecule is O=C(NCc1ncccc1F)c1coc(CCNCCc2nc3cc(C#Cc4ccccn4)ccc3n2-c2ccccc2)n1. The smallest absolute Gasteiger partial charge is 0.273 e. The lowest BCUT2D eigenvalue weighted by Crippen LogP contribution is -2.24. The first-order valence-corrected chi connectivity index (χ1v) is 14.2. The van der Waals surface area contributed by atoms with Gasteiger partial charge in [-0.1, -0.05) is 30.2 Å². The Morgan fingerprint density at radius 1 is 0.886 bits per heavy atom. The third-order valence-corrected chi connectivity index (χ3v) is 6.81. The van der Waals surface area contributed by atoms with Crippen LogP contribution in [0.4, 0.5) is 4.39 Å². The van der Waals surface area contributed by atoms with E-state index in [1.54, 1.807) is 6.20 Å². The molecule has 0 aliphatic rings. The molecule has 0 radical (unpaired) electrons. The zero-order valence-electron chi connectivity index (χ0n) is 23.7. The van der Waals surface area contributed by atoms with Crippen molar-refractivity contribution in [3.63, 3.8) is 0 Å². The first-order chi connectivity index (χ1) is 21.6. The van der Waals surface area contributed by atoms with Gasteiger partial charge in [-0.25, -0.2) is 19.3 Å². The average Bonchev–Trinajstić information content (AvgIpc) is 3.68. The molecule has 0 aliphatic carbocycles. The molecule has 6 rings (SSSR count). The highest BCUT2D eigenvalue weighted by atomic mass is 19.1. The van der Waals surface area contributed by atoms with Crippen LogP contribution >= 0.6 is 0 Å². The van der Waals surface area contributed by atoms with Crippen LogP contribution in [0.3, 0.4) is 0 Å². The van der Waals surface area contributed by atoms with E-state index in [1.807, 2.05) is 48.5 Å². The third kappa shape index (κ3) is 6.86. The molecule has 0 bridgehead atoms. The normalized spacial score (nSPS) is 10.8. The number of pyridine rings is 2. The summed E-state index contributed by atoms with van der Waals surface area (Å²) < 4.78 is 21.4. The van der Waals surface area contributed by atoms with Crippen LogP contribution < -0.4 is 10.6 Å². The Hall–Kier alpha value is -5.66. The molecule has 218 valence electrons. The molecule has 2 N–H and O–H groups in total. The molecule has 6 aromatic rings. The summed E-state index contributed by atoms with van der Waals surface area (Å²) in [5, 5.41) is 6.03. The lowest BCUT2D eigenvalue weighted by Gasteiger charge is -2.10. The predicted octanol–water partition coefficient (Wildman–Crippen LogP) is 4.65. The fraction of sp³-hybridized carbons (Fsp3) is 0.147. The van der Waals surface area contributed by atoms with E-state index in [2.05, 4.69) is 60.2 Å². The average molecular weight is 586 g/mol. The van der Waals surface area contributed by atoms with Gasteiger partial charge in [-0.15, -0.1) is 0 Å². The zero-order valence-corrected chi connectivity index (χ0v) is 23.7. The highest BCUT2D eigenvalue weighted by Crippen LogP contribution is 2.23. The fourth-order valence-corrected chi connectivity index (χ4v) is 4.67. The monoisotopic (exact) mass is 585 g/mol. The lowest BCUT2D eigenvalue weighted by atomic mass is 10.2. The van der Waals surface area contributed by atoms with Gasteiger partial charge in [-0.3, -0.25) is 14.3 Å². The summed E-state index contributed by atoms with van der Waals surface area (Å²) >= 11 is 0. The van der Waals surface area contributed by atoms with Crippen molar-refractivity contribution in [2.24, 2.45) is 0 Å². The minimum Gasteiger partial charge on any atom is -0.448 e. The Labute approximate surface area is 253 Å². The van der Waals surface area contributed by atoms with Gasteiger partial charge in [0.25, 0.3) is 5.91 Å². The molecule has 9 nitrogen and oxygen atoms in total. The van der Waals surface area contributed by atoms with Crippen molar-refractivity contribution in [2.45, 2.75) is 19.4 Å². The Morgan fingerprint density at radius 2 is 1.73 bits per heavy atom. The van der Waals surface area contributed by atoms with Crippen molar-refractivity contribution in [3.05, 3.63) is 138 Å². The second-order valence-corrected chi connectivity index (χ2v) is 9.86. The lowest BCUT2D eigenvalue weighted by molar-refractivity contribution is 0.0945. The van der Waals surface area contributed by atoms with Gasteiger partial charge in [0.1, 0.15) is 23.6 Å². The van der Waals surface area contributed by atoms with E-state index in [4.69, 9.17) is 9.40 Å². The number of oxazole rings is 1. The molecule has 44 heavy (non-hydrogen) atoms. The van der Waals surface area contributed by atoms with Crippen LogP contribution in [0.2, 0.25) is 0 Å². The van der Waals surface area contributed by atoms with Crippen molar-refractivity contribution in [1.29, 1.82) is 0 Å². The molecule has 0 fully saturated rings. The van der Waals surface area contributed by atoms with Crippen molar-refractivity contribution in [3.8, 4) is 17.5 Å². The summed E-state index contributed by atoms with van der Waals surface area (Å²) in [6.07, 6.45) is 5.68. The minimum atomic E-state index is -0.477. The largest absolute Gasteiger partial charge is 0.448 e. The summed E-state index contributed by atoms with van der Waals surface area (Å²) in [5.74, 6) is 6.72. The van der Waals surface area contributed by atoms with Crippen molar-refractivity contribution >= 4 is 16.9 Å². The number of carbonyl (C=O) groups excluding carboxylic acids is 1. The second kappa shape index (κ2) is 13.5. The topological polar surface area (TPSA) is 111 Å². The summed E-state index contributed by atoms with van der Waals surface area (Å²) in [4.78, 5) is 29.8. The van der Waals surface area contributed by atoms with E-state index in [-0.39, 0.29) is 17.9 Å². The fourth-order valence-electron chi connectivity index (χ4n) is 4.67. The van der Waals surface area contributed by atoms with E-state index in [9.17, 15) is 9.18 Å². The van der Waals surface area contributed by atoms with Crippen LogP contribution in [0.5, 0.6) is 0 Å². The molecule has 0 saturated carbocycles. The maximum absolute atomic E-state index is 13.8. The predicted molar refractivity (Wildman–Crippen MR) is 163 cm³/mol. The third-order valence-electron chi connectivity index (χ3n) is 6.81. The highest BCUT2D eigenvalue weighted by Gasteiger charge is 2.15. The number of nitrogens with one attached hydrogen (secondary N) is 2. The van der Waals surface area contributed by atoms with Crippen LogP contribution in [0, 0.1) is 17.7 Å². The molecule has 0 spiro atoms. The van der Waals surface area contributed by atoms with Crippen LogP contribution in [-0.2, 0) is 19.4 Å². The number of amides is 1. The number of hydrogen-bond donors (Lipinski definition) is 2. The number of halogens is 1. The number of nitrogens with zero attached hydrogens (tertiary/aromatic N) is 5. The van der Waals surface area contributed by atoms with Gasteiger partial charge in [0.15, 0.2) is 11.6 Å². The van der Waals surface area contributed by atoms with Crippen LogP contribution in [0.25, 0.3) is 16.7 Å². The molecule has 4 heterocycles. The Morgan fingerprint density at radius 3 is 2.57 bits per heavy atom. The van der Waals surface area contributed by atoms with Gasteiger partial charge in [0.2, 0.25) is 0 Å². The molecule has 0 saturated heterocycles. The van der Waals surface area contributed by atoms with E-state index in [1.165, 1.54) is 24.6 Å². The number of para-hydroxylation sites is 1. The van der Waals surface area contributed by atoms with Crippen LogP contribution in [-0.4, -0.2) is 43.5 Å². The van der Waals surface area contributed by atoms with Gasteiger partial charge in [0, 0.05) is 49.6 Å². The number of fused-ring (bicyclic) bond motifs is 1. The van der Waals surface area contributed by atoms with E-state index in [0.717, 1.165) is 33.8 Å². The maximum Gasteiger partial charge on any atom is 0.273 e. The summed E-state index contributed by atoms with van der Waals surface area (Å²) in [6.45, 7) is 1.23. The standard InChI is InChI=1S/C34H28FN7O2/c35-27-10-6-18-38-29(27)22-39-34(43)30-23-44-33(41-30)16-20-36-19-15-32-40-28-21-24(11-13-25-7-4-5-17-37-25)12-14-31(28)42(32)26-8-2-1-3-9-26/h1-10,12,14,17-18,21,23,36H,15-16,19-20,22H2,(H,39,43). The quantitative estimate of drug-likeness (QED) is 0.178. The van der Waals surface area contributed by atoms with Gasteiger partial charge < -0.3 is 15.1 Å². The molecule has 4 aromatic heterocycles. The number of hydrogen-bond acceptors (Lipinski definition) is 7. The number of imidazole rings is 1. The Bertz CT molecular complexity index is 1940. The Balaban J connectivity index is 1.07. The van der Waals surface area contributed by atoms with Gasteiger partial charge in [-0.2, -0.15) is 0 Å².